The third-order valence-electron chi connectivity index (χ3n) is 5.48. The smallest absolute Gasteiger partial charge is 0.246 e. The summed E-state index contributed by atoms with van der Waals surface area (Å²) in [7, 11) is 3.31. The van der Waals surface area contributed by atoms with Crippen molar-refractivity contribution in [2.45, 2.75) is 13.5 Å². The molecule has 0 aliphatic heterocycles. The number of aliphatic hydroxyl groups is 1. The summed E-state index contributed by atoms with van der Waals surface area (Å²) in [5.41, 5.74) is 4.01. The van der Waals surface area contributed by atoms with E-state index >= 15 is 0 Å². The SMILES string of the molecule is CCOc1cc(-c2ccc(F)cc2-c2nncn2C)cc(-c2nc3cc(CO)cc(OC)c3o2)n1. The molecule has 0 atom stereocenters. The van der Waals surface area contributed by atoms with Crippen LogP contribution in [0, 0.1) is 5.82 Å². The van der Waals surface area contributed by atoms with Crippen molar-refractivity contribution in [3.05, 3.63) is 60.2 Å². The zero-order valence-corrected chi connectivity index (χ0v) is 19.3. The van der Waals surface area contributed by atoms with E-state index in [9.17, 15) is 9.50 Å². The van der Waals surface area contributed by atoms with Crippen LogP contribution in [0.5, 0.6) is 11.6 Å². The fourth-order valence-electron chi connectivity index (χ4n) is 3.88. The largest absolute Gasteiger partial charge is 0.493 e. The van der Waals surface area contributed by atoms with E-state index in [1.807, 2.05) is 6.92 Å². The van der Waals surface area contributed by atoms with E-state index in [-0.39, 0.29) is 12.5 Å². The standard InChI is InChI=1S/C25H22FN5O4/c1-4-34-22-10-15(17-6-5-16(26)11-18(17)24-30-27-13-31(24)2)9-20(28-22)25-29-19-7-14(12-32)8-21(33-3)23(19)35-25/h5-11,13,32H,4,12H2,1-3H3. The monoisotopic (exact) mass is 475 g/mol. The van der Waals surface area contributed by atoms with Gasteiger partial charge in [0.05, 0.1) is 20.3 Å². The highest BCUT2D eigenvalue weighted by Crippen LogP contribution is 2.37. The highest BCUT2D eigenvalue weighted by molar-refractivity contribution is 5.85. The highest BCUT2D eigenvalue weighted by atomic mass is 19.1. The minimum atomic E-state index is -0.392. The number of rotatable bonds is 7. The van der Waals surface area contributed by atoms with Crippen molar-refractivity contribution >= 4 is 11.1 Å². The van der Waals surface area contributed by atoms with Gasteiger partial charge in [0.25, 0.3) is 0 Å². The lowest BCUT2D eigenvalue weighted by molar-refractivity contribution is 0.281. The van der Waals surface area contributed by atoms with E-state index < -0.39 is 5.82 Å². The maximum atomic E-state index is 14.2. The summed E-state index contributed by atoms with van der Waals surface area (Å²) >= 11 is 0. The molecule has 0 saturated heterocycles. The van der Waals surface area contributed by atoms with Gasteiger partial charge in [0.1, 0.15) is 23.4 Å². The second-order valence-electron chi connectivity index (χ2n) is 7.79. The van der Waals surface area contributed by atoms with Crippen LogP contribution < -0.4 is 9.47 Å². The fourth-order valence-corrected chi connectivity index (χ4v) is 3.88. The number of methoxy groups -OCH3 is 1. The number of pyridine rings is 1. The summed E-state index contributed by atoms with van der Waals surface area (Å²) < 4.78 is 33.1. The number of ether oxygens (including phenoxy) is 2. The van der Waals surface area contributed by atoms with Gasteiger partial charge >= 0.3 is 0 Å². The number of nitrogens with zero attached hydrogens (tertiary/aromatic N) is 5. The number of hydrogen-bond acceptors (Lipinski definition) is 8. The first-order chi connectivity index (χ1) is 17.0. The molecule has 0 amide bonds. The Kier molecular flexibility index (Phi) is 5.87. The van der Waals surface area contributed by atoms with Gasteiger partial charge in [-0.25, -0.2) is 14.4 Å². The van der Waals surface area contributed by atoms with Crippen LogP contribution in [0.3, 0.4) is 0 Å². The molecule has 5 aromatic rings. The van der Waals surface area contributed by atoms with E-state index in [4.69, 9.17) is 13.9 Å². The number of oxazole rings is 1. The number of fused-ring (bicyclic) bond motifs is 1. The number of halogens is 1. The van der Waals surface area contributed by atoms with Crippen LogP contribution in [0.25, 0.3) is 45.2 Å². The lowest BCUT2D eigenvalue weighted by atomic mass is 9.99. The Morgan fingerprint density at radius 1 is 1.09 bits per heavy atom. The van der Waals surface area contributed by atoms with Gasteiger partial charge in [-0.1, -0.05) is 6.07 Å². The Bertz CT molecular complexity index is 1530. The number of aryl methyl sites for hydroxylation is 1. The van der Waals surface area contributed by atoms with E-state index in [1.165, 1.54) is 19.2 Å². The van der Waals surface area contributed by atoms with Crippen LogP contribution >= 0.6 is 0 Å². The Hall–Kier alpha value is -4.31. The minimum absolute atomic E-state index is 0.161. The maximum absolute atomic E-state index is 14.2. The number of hydrogen-bond donors (Lipinski definition) is 1. The second kappa shape index (κ2) is 9.15. The molecule has 1 N–H and O–H groups in total. The summed E-state index contributed by atoms with van der Waals surface area (Å²) in [6.07, 6.45) is 1.56. The third kappa shape index (κ3) is 4.19. The summed E-state index contributed by atoms with van der Waals surface area (Å²) in [4.78, 5) is 9.14. The molecule has 0 radical (unpaired) electrons. The molecule has 9 nitrogen and oxygen atoms in total. The van der Waals surface area contributed by atoms with Crippen molar-refractivity contribution in [3.63, 3.8) is 0 Å². The first-order valence-corrected chi connectivity index (χ1v) is 10.9. The predicted octanol–water partition coefficient (Wildman–Crippen LogP) is 4.39. The van der Waals surface area contributed by atoms with Crippen LogP contribution in [-0.4, -0.2) is 43.6 Å². The van der Waals surface area contributed by atoms with Gasteiger partial charge in [0.2, 0.25) is 11.8 Å². The summed E-state index contributed by atoms with van der Waals surface area (Å²) in [6.45, 7) is 2.10. The molecule has 0 aliphatic rings. The Labute approximate surface area is 199 Å². The molecular weight excluding hydrogens is 453 g/mol. The fraction of sp³-hybridized carbons (Fsp3) is 0.200. The topological polar surface area (TPSA) is 108 Å². The van der Waals surface area contributed by atoms with E-state index in [1.54, 1.807) is 48.3 Å². The average molecular weight is 475 g/mol. The quantitative estimate of drug-likeness (QED) is 0.369. The molecule has 0 fully saturated rings. The van der Waals surface area contributed by atoms with Gasteiger partial charge < -0.3 is 23.6 Å². The molecule has 0 unspecified atom stereocenters. The van der Waals surface area contributed by atoms with Gasteiger partial charge in [-0.3, -0.25) is 0 Å². The normalized spacial score (nSPS) is 11.2. The average Bonchev–Trinajstić information content (AvgIpc) is 3.49. The van der Waals surface area contributed by atoms with Crippen molar-refractivity contribution in [1.29, 1.82) is 0 Å². The summed E-state index contributed by atoms with van der Waals surface area (Å²) in [5, 5.41) is 17.6. The molecule has 35 heavy (non-hydrogen) atoms. The van der Waals surface area contributed by atoms with Crippen LogP contribution in [0.1, 0.15) is 12.5 Å². The van der Waals surface area contributed by atoms with Crippen molar-refractivity contribution < 1.29 is 23.4 Å². The lowest BCUT2D eigenvalue weighted by Gasteiger charge is -2.12. The first-order valence-electron chi connectivity index (χ1n) is 10.9. The summed E-state index contributed by atoms with van der Waals surface area (Å²) in [5.74, 6) is 1.18. The van der Waals surface area contributed by atoms with Gasteiger partial charge in [0.15, 0.2) is 17.2 Å². The van der Waals surface area contributed by atoms with E-state index in [0.717, 1.165) is 0 Å². The van der Waals surface area contributed by atoms with Crippen molar-refractivity contribution in [1.82, 2.24) is 24.7 Å². The Balaban J connectivity index is 1.70. The zero-order valence-electron chi connectivity index (χ0n) is 19.3. The molecule has 3 heterocycles. The highest BCUT2D eigenvalue weighted by Gasteiger charge is 2.19. The first kappa shape index (κ1) is 22.5. The van der Waals surface area contributed by atoms with Gasteiger partial charge in [-0.2, -0.15) is 0 Å². The molecule has 0 aliphatic carbocycles. The molecule has 5 rings (SSSR count). The molecule has 10 heteroatoms. The van der Waals surface area contributed by atoms with Gasteiger partial charge in [-0.05, 0) is 53.9 Å². The van der Waals surface area contributed by atoms with Crippen LogP contribution in [0.2, 0.25) is 0 Å². The molecule has 178 valence electrons. The minimum Gasteiger partial charge on any atom is -0.493 e. The Morgan fingerprint density at radius 2 is 1.94 bits per heavy atom. The maximum Gasteiger partial charge on any atom is 0.246 e. The molecular formula is C25H22FN5O4. The molecule has 0 saturated carbocycles. The van der Waals surface area contributed by atoms with Gasteiger partial charge in [0, 0.05) is 18.7 Å². The van der Waals surface area contributed by atoms with Crippen molar-refractivity contribution in [3.8, 4) is 45.7 Å². The molecule has 0 spiro atoms. The van der Waals surface area contributed by atoms with Gasteiger partial charge in [-0.15, -0.1) is 10.2 Å². The predicted molar refractivity (Wildman–Crippen MR) is 126 cm³/mol. The molecule has 2 aromatic carbocycles. The molecule has 0 bridgehead atoms. The van der Waals surface area contributed by atoms with Crippen LogP contribution in [0.4, 0.5) is 4.39 Å². The van der Waals surface area contributed by atoms with E-state index in [2.05, 4.69) is 20.2 Å². The van der Waals surface area contributed by atoms with Crippen molar-refractivity contribution in [2.24, 2.45) is 7.05 Å². The van der Waals surface area contributed by atoms with Crippen molar-refractivity contribution in [2.75, 3.05) is 13.7 Å². The molecule has 3 aromatic heterocycles. The number of benzene rings is 2. The number of aliphatic hydroxyl groups excluding tert-OH is 1. The zero-order chi connectivity index (χ0) is 24.5. The van der Waals surface area contributed by atoms with Crippen LogP contribution in [-0.2, 0) is 13.7 Å². The number of aromatic nitrogens is 5. The summed E-state index contributed by atoms with van der Waals surface area (Å²) in [6, 6.07) is 11.5. The third-order valence-corrected chi connectivity index (χ3v) is 5.48. The van der Waals surface area contributed by atoms with Crippen LogP contribution in [0.15, 0.2) is 53.2 Å². The Morgan fingerprint density at radius 3 is 2.66 bits per heavy atom. The lowest BCUT2D eigenvalue weighted by Crippen LogP contribution is -1.99. The van der Waals surface area contributed by atoms with E-state index in [0.29, 0.717) is 63.1 Å². The second-order valence-corrected chi connectivity index (χ2v) is 7.79.